The van der Waals surface area contributed by atoms with Crippen LogP contribution in [0.4, 0.5) is 0 Å². The van der Waals surface area contributed by atoms with Crippen molar-refractivity contribution >= 4 is 5.97 Å². The molecule has 0 fully saturated rings. The van der Waals surface area contributed by atoms with Crippen LogP contribution in [0.25, 0.3) is 0 Å². The molecule has 4 nitrogen and oxygen atoms in total. The van der Waals surface area contributed by atoms with Crippen LogP contribution in [0, 0.1) is 0 Å². The van der Waals surface area contributed by atoms with Gasteiger partial charge in [0.1, 0.15) is 17.2 Å². The molecule has 0 radical (unpaired) electrons. The molecule has 0 saturated carbocycles. The summed E-state index contributed by atoms with van der Waals surface area (Å²) in [6.07, 6.45) is 3.82. The van der Waals surface area contributed by atoms with Crippen molar-refractivity contribution in [3.05, 3.63) is 83.7 Å². The monoisotopic (exact) mass is 303 g/mol. The minimum absolute atomic E-state index is 0.393. The predicted octanol–water partition coefficient (Wildman–Crippen LogP) is 4.00. The highest BCUT2D eigenvalue weighted by Gasteiger charge is 2.23. The third kappa shape index (κ3) is 2.55. The molecule has 0 atom stereocenters. The predicted molar refractivity (Wildman–Crippen MR) is 85.0 cm³/mol. The van der Waals surface area contributed by atoms with Crippen molar-refractivity contribution in [3.63, 3.8) is 0 Å². The molecule has 0 aliphatic carbocycles. The SMILES string of the molecule is O=C(Oc1ccncc1)c1cccc2c1Cc1ccccc1O2. The van der Waals surface area contributed by atoms with Crippen molar-refractivity contribution in [1.29, 1.82) is 0 Å². The molecular weight excluding hydrogens is 290 g/mol. The van der Waals surface area contributed by atoms with E-state index in [-0.39, 0.29) is 0 Å². The molecule has 1 aliphatic heterocycles. The maximum absolute atomic E-state index is 12.5. The highest BCUT2D eigenvalue weighted by molar-refractivity contribution is 5.93. The Hall–Kier alpha value is -3.14. The molecule has 0 spiro atoms. The fourth-order valence-electron chi connectivity index (χ4n) is 2.66. The highest BCUT2D eigenvalue weighted by Crippen LogP contribution is 2.38. The van der Waals surface area contributed by atoms with Crippen LogP contribution in [-0.2, 0) is 6.42 Å². The molecule has 2 heterocycles. The summed E-state index contributed by atoms with van der Waals surface area (Å²) >= 11 is 0. The largest absolute Gasteiger partial charge is 0.457 e. The third-order valence-corrected chi connectivity index (χ3v) is 3.77. The molecule has 4 heteroatoms. The van der Waals surface area contributed by atoms with Gasteiger partial charge in [-0.2, -0.15) is 0 Å². The molecule has 1 aromatic heterocycles. The van der Waals surface area contributed by atoms with Crippen molar-refractivity contribution in [2.75, 3.05) is 0 Å². The Morgan fingerprint density at radius 3 is 2.61 bits per heavy atom. The number of nitrogens with zero attached hydrogens (tertiary/aromatic N) is 1. The Bertz CT molecular complexity index is 875. The molecule has 0 amide bonds. The number of esters is 1. The molecule has 4 rings (SSSR count). The van der Waals surface area contributed by atoms with Crippen LogP contribution in [0.2, 0.25) is 0 Å². The van der Waals surface area contributed by atoms with Crippen LogP contribution >= 0.6 is 0 Å². The van der Waals surface area contributed by atoms with Gasteiger partial charge in [-0.3, -0.25) is 4.98 Å². The minimum Gasteiger partial charge on any atom is -0.457 e. The zero-order chi connectivity index (χ0) is 15.6. The van der Waals surface area contributed by atoms with Crippen molar-refractivity contribution in [1.82, 2.24) is 4.98 Å². The van der Waals surface area contributed by atoms with Crippen LogP contribution < -0.4 is 9.47 Å². The fraction of sp³-hybridized carbons (Fsp3) is 0.0526. The molecule has 1 aliphatic rings. The number of carbonyl (C=O) groups excluding carboxylic acids is 1. The van der Waals surface area contributed by atoms with E-state index in [0.717, 1.165) is 16.9 Å². The van der Waals surface area contributed by atoms with Crippen LogP contribution in [0.5, 0.6) is 17.2 Å². The molecule has 112 valence electrons. The van der Waals surface area contributed by atoms with E-state index >= 15 is 0 Å². The topological polar surface area (TPSA) is 48.4 Å². The van der Waals surface area contributed by atoms with Gasteiger partial charge in [-0.15, -0.1) is 0 Å². The van der Waals surface area contributed by atoms with Gasteiger partial charge >= 0.3 is 5.97 Å². The molecule has 0 unspecified atom stereocenters. The van der Waals surface area contributed by atoms with Gasteiger partial charge in [-0.25, -0.2) is 4.79 Å². The van der Waals surface area contributed by atoms with E-state index < -0.39 is 5.97 Å². The Morgan fingerprint density at radius 1 is 0.957 bits per heavy atom. The minimum atomic E-state index is -0.393. The number of hydrogen-bond donors (Lipinski definition) is 0. The number of para-hydroxylation sites is 1. The number of benzene rings is 2. The number of pyridine rings is 1. The lowest BCUT2D eigenvalue weighted by Gasteiger charge is -2.21. The average molecular weight is 303 g/mol. The molecule has 0 N–H and O–H groups in total. The zero-order valence-corrected chi connectivity index (χ0v) is 12.2. The summed E-state index contributed by atoms with van der Waals surface area (Å²) in [5.74, 6) is 1.61. The maximum atomic E-state index is 12.5. The second kappa shape index (κ2) is 5.57. The first-order chi connectivity index (χ1) is 11.3. The molecule has 2 aromatic carbocycles. The second-order valence-electron chi connectivity index (χ2n) is 5.24. The van der Waals surface area contributed by atoms with Crippen LogP contribution in [0.1, 0.15) is 21.5 Å². The van der Waals surface area contributed by atoms with Crippen LogP contribution in [-0.4, -0.2) is 11.0 Å². The number of hydrogen-bond acceptors (Lipinski definition) is 4. The zero-order valence-electron chi connectivity index (χ0n) is 12.2. The number of carbonyl (C=O) groups is 1. The summed E-state index contributed by atoms with van der Waals surface area (Å²) in [4.78, 5) is 16.4. The number of ether oxygens (including phenoxy) is 2. The van der Waals surface area contributed by atoms with Crippen LogP contribution in [0.15, 0.2) is 67.0 Å². The van der Waals surface area contributed by atoms with E-state index in [1.165, 1.54) is 0 Å². The third-order valence-electron chi connectivity index (χ3n) is 3.77. The Labute approximate surface area is 133 Å². The molecule has 23 heavy (non-hydrogen) atoms. The van der Waals surface area contributed by atoms with Crippen molar-refractivity contribution in [3.8, 4) is 17.2 Å². The summed E-state index contributed by atoms with van der Waals surface area (Å²) < 4.78 is 11.3. The van der Waals surface area contributed by atoms with Crippen LogP contribution in [0.3, 0.4) is 0 Å². The van der Waals surface area contributed by atoms with E-state index in [1.54, 1.807) is 36.7 Å². The maximum Gasteiger partial charge on any atom is 0.343 e. The second-order valence-corrected chi connectivity index (χ2v) is 5.24. The van der Waals surface area contributed by atoms with Gasteiger partial charge in [0.25, 0.3) is 0 Å². The lowest BCUT2D eigenvalue weighted by molar-refractivity contribution is 0.0733. The first-order valence-corrected chi connectivity index (χ1v) is 7.31. The number of fused-ring (bicyclic) bond motifs is 2. The summed E-state index contributed by atoms with van der Waals surface area (Å²) in [5.41, 5.74) is 2.43. The molecule has 0 bridgehead atoms. The standard InChI is InChI=1S/C19H13NO3/c21-19(22-14-8-10-20-11-9-14)15-5-3-7-18-16(15)12-13-4-1-2-6-17(13)23-18/h1-11H,12H2. The summed E-state index contributed by atoms with van der Waals surface area (Å²) in [7, 11) is 0. The molecule has 0 saturated heterocycles. The summed E-state index contributed by atoms with van der Waals surface area (Å²) in [6.45, 7) is 0. The van der Waals surface area contributed by atoms with Gasteiger partial charge in [0.2, 0.25) is 0 Å². The fourth-order valence-corrected chi connectivity index (χ4v) is 2.66. The van der Waals surface area contributed by atoms with Gasteiger partial charge in [-0.05, 0) is 35.9 Å². The first kappa shape index (κ1) is 13.5. The van der Waals surface area contributed by atoms with Gasteiger partial charge < -0.3 is 9.47 Å². The van der Waals surface area contributed by atoms with E-state index in [0.29, 0.717) is 23.5 Å². The van der Waals surface area contributed by atoms with Gasteiger partial charge in [0, 0.05) is 24.4 Å². The average Bonchev–Trinajstić information content (AvgIpc) is 2.60. The Kier molecular flexibility index (Phi) is 3.27. The van der Waals surface area contributed by atoms with E-state index in [4.69, 9.17) is 9.47 Å². The number of aromatic nitrogens is 1. The van der Waals surface area contributed by atoms with E-state index in [1.807, 2.05) is 30.3 Å². The van der Waals surface area contributed by atoms with Crippen molar-refractivity contribution < 1.29 is 14.3 Å². The van der Waals surface area contributed by atoms with Gasteiger partial charge in [0.05, 0.1) is 5.56 Å². The lowest BCUT2D eigenvalue weighted by atomic mass is 9.96. The molecular formula is C19H13NO3. The quantitative estimate of drug-likeness (QED) is 0.525. The van der Waals surface area contributed by atoms with E-state index in [2.05, 4.69) is 4.98 Å². The first-order valence-electron chi connectivity index (χ1n) is 7.31. The molecule has 3 aromatic rings. The van der Waals surface area contributed by atoms with Crippen molar-refractivity contribution in [2.45, 2.75) is 6.42 Å². The summed E-state index contributed by atoms with van der Waals surface area (Å²) in [5, 5.41) is 0. The highest BCUT2D eigenvalue weighted by atomic mass is 16.5. The Morgan fingerprint density at radius 2 is 1.74 bits per heavy atom. The number of rotatable bonds is 2. The smallest absolute Gasteiger partial charge is 0.343 e. The summed E-state index contributed by atoms with van der Waals surface area (Å²) in [6, 6.07) is 16.6. The Balaban J connectivity index is 1.68. The van der Waals surface area contributed by atoms with Gasteiger partial charge in [0.15, 0.2) is 0 Å². The van der Waals surface area contributed by atoms with E-state index in [9.17, 15) is 4.79 Å². The van der Waals surface area contributed by atoms with Gasteiger partial charge in [-0.1, -0.05) is 24.3 Å². The van der Waals surface area contributed by atoms with Crippen molar-refractivity contribution in [2.24, 2.45) is 0 Å². The lowest BCUT2D eigenvalue weighted by Crippen LogP contribution is -2.14. The normalized spacial score (nSPS) is 11.8.